The van der Waals surface area contributed by atoms with Crippen LogP contribution in [0.2, 0.25) is 0 Å². The number of fused-ring (bicyclic) bond motifs is 1. The highest BCUT2D eigenvalue weighted by atomic mass is 16.2. The Balaban J connectivity index is 2.35. The molecule has 0 fully saturated rings. The second-order valence-corrected chi connectivity index (χ2v) is 4.88. The molecule has 86 valence electrons. The summed E-state index contributed by atoms with van der Waals surface area (Å²) in [5.74, 6) is 0.109. The van der Waals surface area contributed by atoms with Gasteiger partial charge in [-0.3, -0.25) is 4.79 Å². The maximum Gasteiger partial charge on any atom is 0.254 e. The molecule has 1 aromatic rings. The maximum atomic E-state index is 12.3. The summed E-state index contributed by atoms with van der Waals surface area (Å²) in [4.78, 5) is 14.2. The molecule has 0 aliphatic carbocycles. The number of hydrogen-bond donors (Lipinski definition) is 1. The van der Waals surface area contributed by atoms with E-state index in [-0.39, 0.29) is 11.4 Å². The van der Waals surface area contributed by atoms with E-state index < -0.39 is 0 Å². The van der Waals surface area contributed by atoms with Gasteiger partial charge in [0.15, 0.2) is 0 Å². The van der Waals surface area contributed by atoms with Crippen LogP contribution in [0.3, 0.4) is 0 Å². The normalized spacial score (nSPS) is 16.2. The van der Waals surface area contributed by atoms with Gasteiger partial charge in [0.05, 0.1) is 0 Å². The van der Waals surface area contributed by atoms with Gasteiger partial charge in [-0.05, 0) is 31.9 Å². The second kappa shape index (κ2) is 3.91. The van der Waals surface area contributed by atoms with Gasteiger partial charge in [0, 0.05) is 24.2 Å². The predicted molar refractivity (Wildman–Crippen MR) is 64.3 cm³/mol. The van der Waals surface area contributed by atoms with Gasteiger partial charge < -0.3 is 10.6 Å². The number of nitrogens with two attached hydrogens (primary N) is 1. The van der Waals surface area contributed by atoms with Gasteiger partial charge >= 0.3 is 0 Å². The molecule has 3 nitrogen and oxygen atoms in total. The van der Waals surface area contributed by atoms with Crippen LogP contribution in [-0.4, -0.2) is 29.4 Å². The minimum absolute atomic E-state index is 0.109. The molecule has 3 heteroatoms. The van der Waals surface area contributed by atoms with Crippen molar-refractivity contribution in [3.63, 3.8) is 0 Å². The van der Waals surface area contributed by atoms with Crippen molar-refractivity contribution in [1.29, 1.82) is 0 Å². The molecule has 16 heavy (non-hydrogen) atoms. The van der Waals surface area contributed by atoms with Crippen molar-refractivity contribution in [1.82, 2.24) is 4.90 Å². The molecule has 0 saturated carbocycles. The third-order valence-electron chi connectivity index (χ3n) is 3.33. The SMILES string of the molecule is CC(C)(CN)N1CCc2ccccc2C1=O. The second-order valence-electron chi connectivity index (χ2n) is 4.88. The predicted octanol–water partition coefficient (Wildman–Crippen LogP) is 1.42. The first-order valence-electron chi connectivity index (χ1n) is 5.66. The molecule has 0 spiro atoms. The fourth-order valence-electron chi connectivity index (χ4n) is 2.11. The number of amides is 1. The molecule has 0 radical (unpaired) electrons. The van der Waals surface area contributed by atoms with Gasteiger partial charge in [-0.2, -0.15) is 0 Å². The molecule has 1 aliphatic heterocycles. The highest BCUT2D eigenvalue weighted by molar-refractivity contribution is 5.97. The van der Waals surface area contributed by atoms with Crippen molar-refractivity contribution < 1.29 is 4.79 Å². The molecule has 2 rings (SSSR count). The lowest BCUT2D eigenvalue weighted by molar-refractivity contribution is 0.0543. The number of carbonyl (C=O) groups excluding carboxylic acids is 1. The van der Waals surface area contributed by atoms with Crippen molar-refractivity contribution in [2.45, 2.75) is 25.8 Å². The van der Waals surface area contributed by atoms with Gasteiger partial charge in [-0.1, -0.05) is 18.2 Å². The van der Waals surface area contributed by atoms with E-state index in [0.29, 0.717) is 6.54 Å². The summed E-state index contributed by atoms with van der Waals surface area (Å²) in [6.45, 7) is 5.28. The van der Waals surface area contributed by atoms with Crippen molar-refractivity contribution >= 4 is 5.91 Å². The third kappa shape index (κ3) is 1.71. The fraction of sp³-hybridized carbons (Fsp3) is 0.462. The molecular weight excluding hydrogens is 200 g/mol. The monoisotopic (exact) mass is 218 g/mol. The Morgan fingerprint density at radius 2 is 2.06 bits per heavy atom. The number of rotatable bonds is 2. The van der Waals surface area contributed by atoms with Crippen LogP contribution < -0.4 is 5.73 Å². The van der Waals surface area contributed by atoms with Crippen LogP contribution in [0.15, 0.2) is 24.3 Å². The third-order valence-corrected chi connectivity index (χ3v) is 3.33. The highest BCUT2D eigenvalue weighted by Gasteiger charge is 2.33. The molecule has 0 aromatic heterocycles. The standard InChI is InChI=1S/C13H18N2O/c1-13(2,9-14)15-8-7-10-5-3-4-6-11(10)12(15)16/h3-6H,7-9,14H2,1-2H3. The summed E-state index contributed by atoms with van der Waals surface area (Å²) in [7, 11) is 0. The van der Waals surface area contributed by atoms with Crippen LogP contribution in [-0.2, 0) is 6.42 Å². The first-order valence-corrected chi connectivity index (χ1v) is 5.66. The molecule has 1 aliphatic rings. The van der Waals surface area contributed by atoms with Crippen LogP contribution in [0.4, 0.5) is 0 Å². The van der Waals surface area contributed by atoms with Gasteiger partial charge in [0.25, 0.3) is 5.91 Å². The molecule has 0 unspecified atom stereocenters. The van der Waals surface area contributed by atoms with Gasteiger partial charge in [0.1, 0.15) is 0 Å². The Labute approximate surface area is 96.2 Å². The minimum Gasteiger partial charge on any atom is -0.332 e. The summed E-state index contributed by atoms with van der Waals surface area (Å²) in [5.41, 5.74) is 7.44. The quantitative estimate of drug-likeness (QED) is 0.816. The lowest BCUT2D eigenvalue weighted by Crippen LogP contribution is -2.54. The molecule has 0 atom stereocenters. The Kier molecular flexibility index (Phi) is 2.72. The van der Waals surface area contributed by atoms with Gasteiger partial charge in [-0.15, -0.1) is 0 Å². The maximum absolute atomic E-state index is 12.3. The zero-order valence-corrected chi connectivity index (χ0v) is 9.86. The molecule has 1 heterocycles. The highest BCUT2D eigenvalue weighted by Crippen LogP contribution is 2.24. The summed E-state index contributed by atoms with van der Waals surface area (Å²) in [6, 6.07) is 7.82. The Bertz CT molecular complexity index is 412. The van der Waals surface area contributed by atoms with E-state index in [0.717, 1.165) is 24.1 Å². The molecule has 1 aromatic carbocycles. The van der Waals surface area contributed by atoms with Crippen molar-refractivity contribution in [2.24, 2.45) is 5.73 Å². The zero-order valence-electron chi connectivity index (χ0n) is 9.86. The van der Waals surface area contributed by atoms with Crippen LogP contribution in [0.5, 0.6) is 0 Å². The van der Waals surface area contributed by atoms with E-state index in [1.54, 1.807) is 0 Å². The first kappa shape index (κ1) is 11.1. The Morgan fingerprint density at radius 3 is 2.75 bits per heavy atom. The van der Waals surface area contributed by atoms with E-state index in [1.807, 2.05) is 43.0 Å². The van der Waals surface area contributed by atoms with Crippen molar-refractivity contribution in [3.05, 3.63) is 35.4 Å². The smallest absolute Gasteiger partial charge is 0.254 e. The first-order chi connectivity index (χ1) is 7.56. The molecule has 0 bridgehead atoms. The number of hydrogen-bond acceptors (Lipinski definition) is 2. The fourth-order valence-corrected chi connectivity index (χ4v) is 2.11. The van der Waals surface area contributed by atoms with Gasteiger partial charge in [0.2, 0.25) is 0 Å². The number of nitrogens with zero attached hydrogens (tertiary/aromatic N) is 1. The summed E-state index contributed by atoms with van der Waals surface area (Å²) >= 11 is 0. The van der Waals surface area contributed by atoms with Crippen LogP contribution in [0.1, 0.15) is 29.8 Å². The van der Waals surface area contributed by atoms with E-state index in [2.05, 4.69) is 0 Å². The molecular formula is C13H18N2O. The molecule has 2 N–H and O–H groups in total. The van der Waals surface area contributed by atoms with E-state index in [4.69, 9.17) is 5.73 Å². The van der Waals surface area contributed by atoms with E-state index in [9.17, 15) is 4.79 Å². The van der Waals surface area contributed by atoms with E-state index >= 15 is 0 Å². The molecule has 1 amide bonds. The van der Waals surface area contributed by atoms with E-state index in [1.165, 1.54) is 0 Å². The van der Waals surface area contributed by atoms with Gasteiger partial charge in [-0.25, -0.2) is 0 Å². The zero-order chi connectivity index (χ0) is 11.8. The Hall–Kier alpha value is -1.35. The lowest BCUT2D eigenvalue weighted by Gasteiger charge is -2.40. The summed E-state index contributed by atoms with van der Waals surface area (Å²) in [5, 5.41) is 0. The topological polar surface area (TPSA) is 46.3 Å². The lowest BCUT2D eigenvalue weighted by atomic mass is 9.93. The largest absolute Gasteiger partial charge is 0.332 e. The van der Waals surface area contributed by atoms with Crippen LogP contribution in [0, 0.1) is 0 Å². The summed E-state index contributed by atoms with van der Waals surface area (Å²) in [6.07, 6.45) is 0.922. The molecule has 0 saturated heterocycles. The van der Waals surface area contributed by atoms with Crippen molar-refractivity contribution in [2.75, 3.05) is 13.1 Å². The minimum atomic E-state index is -0.259. The van der Waals surface area contributed by atoms with Crippen LogP contribution in [0.25, 0.3) is 0 Å². The number of carbonyl (C=O) groups is 1. The average molecular weight is 218 g/mol. The van der Waals surface area contributed by atoms with Crippen molar-refractivity contribution in [3.8, 4) is 0 Å². The number of benzene rings is 1. The van der Waals surface area contributed by atoms with Crippen LogP contribution >= 0.6 is 0 Å². The Morgan fingerprint density at radius 1 is 1.38 bits per heavy atom. The average Bonchev–Trinajstić information content (AvgIpc) is 2.29. The summed E-state index contributed by atoms with van der Waals surface area (Å²) < 4.78 is 0.